The highest BCUT2D eigenvalue weighted by Crippen LogP contribution is 2.31. The number of hydrogen-bond donors (Lipinski definition) is 3. The van der Waals surface area contributed by atoms with E-state index in [0.29, 0.717) is 44.4 Å². The standard InChI is InChI=1S/C26H23ClFN5O3/c1-16(34)29-10-9-25(35)32-19-5-7-23-21(12-19)26(31-15-30-23)33-20-6-8-24(22(27)13-20)36-14-17-3-2-4-18(28)11-17/h2-8,11-13,15H,9-10,14H2,1H3,(H,29,34)(H,32,35)(H,30,31,33). The van der Waals surface area contributed by atoms with Gasteiger partial charge in [0, 0.05) is 36.7 Å². The number of anilines is 3. The summed E-state index contributed by atoms with van der Waals surface area (Å²) in [5, 5.41) is 9.70. The second-order valence-electron chi connectivity index (χ2n) is 7.92. The minimum atomic E-state index is -0.327. The van der Waals surface area contributed by atoms with E-state index < -0.39 is 0 Å². The molecule has 3 N–H and O–H groups in total. The zero-order valence-corrected chi connectivity index (χ0v) is 20.1. The third-order valence-electron chi connectivity index (χ3n) is 5.12. The number of carbonyl (C=O) groups excluding carboxylic acids is 2. The Morgan fingerprint density at radius 3 is 2.64 bits per heavy atom. The highest BCUT2D eigenvalue weighted by molar-refractivity contribution is 6.32. The summed E-state index contributed by atoms with van der Waals surface area (Å²) in [6.07, 6.45) is 1.59. The van der Waals surface area contributed by atoms with Crippen LogP contribution < -0.4 is 20.7 Å². The van der Waals surface area contributed by atoms with Crippen LogP contribution in [0.15, 0.2) is 67.0 Å². The van der Waals surface area contributed by atoms with Crippen molar-refractivity contribution in [2.24, 2.45) is 0 Å². The predicted octanol–water partition coefficient (Wildman–Crippen LogP) is 5.21. The molecule has 0 saturated heterocycles. The molecule has 0 spiro atoms. The molecule has 0 aliphatic rings. The smallest absolute Gasteiger partial charge is 0.226 e. The van der Waals surface area contributed by atoms with Gasteiger partial charge in [-0.15, -0.1) is 0 Å². The van der Waals surface area contributed by atoms with E-state index in [1.54, 1.807) is 48.5 Å². The van der Waals surface area contributed by atoms with E-state index >= 15 is 0 Å². The number of fused-ring (bicyclic) bond motifs is 1. The van der Waals surface area contributed by atoms with Crippen LogP contribution in [0.3, 0.4) is 0 Å². The monoisotopic (exact) mass is 507 g/mol. The van der Waals surface area contributed by atoms with Crippen molar-refractivity contribution in [1.29, 1.82) is 0 Å². The number of carbonyl (C=O) groups is 2. The SMILES string of the molecule is CC(=O)NCCC(=O)Nc1ccc2ncnc(Nc3ccc(OCc4cccc(F)c4)c(Cl)c3)c2c1. The average molecular weight is 508 g/mol. The fourth-order valence-electron chi connectivity index (χ4n) is 3.43. The highest BCUT2D eigenvalue weighted by Gasteiger charge is 2.10. The summed E-state index contributed by atoms with van der Waals surface area (Å²) in [6, 6.07) is 16.7. The first kappa shape index (κ1) is 24.9. The summed E-state index contributed by atoms with van der Waals surface area (Å²) in [4.78, 5) is 31.8. The van der Waals surface area contributed by atoms with Gasteiger partial charge in [0.1, 0.15) is 30.3 Å². The molecule has 0 unspecified atom stereocenters. The molecule has 10 heteroatoms. The summed E-state index contributed by atoms with van der Waals surface area (Å²) in [6.45, 7) is 1.84. The van der Waals surface area contributed by atoms with Crippen LogP contribution in [-0.4, -0.2) is 28.3 Å². The van der Waals surface area contributed by atoms with E-state index in [-0.39, 0.29) is 37.2 Å². The molecule has 0 saturated carbocycles. The van der Waals surface area contributed by atoms with Gasteiger partial charge in [-0.2, -0.15) is 0 Å². The molecule has 36 heavy (non-hydrogen) atoms. The van der Waals surface area contributed by atoms with E-state index in [9.17, 15) is 14.0 Å². The quantitative estimate of drug-likeness (QED) is 0.287. The van der Waals surface area contributed by atoms with Gasteiger partial charge in [-0.25, -0.2) is 14.4 Å². The van der Waals surface area contributed by atoms with E-state index in [0.717, 1.165) is 0 Å². The molecule has 184 valence electrons. The molecule has 0 fully saturated rings. The Kier molecular flexibility index (Phi) is 7.92. The van der Waals surface area contributed by atoms with Crippen molar-refractivity contribution < 1.29 is 18.7 Å². The fourth-order valence-corrected chi connectivity index (χ4v) is 3.66. The lowest BCUT2D eigenvalue weighted by Crippen LogP contribution is -2.25. The molecule has 0 aliphatic carbocycles. The number of hydrogen-bond acceptors (Lipinski definition) is 6. The third-order valence-corrected chi connectivity index (χ3v) is 5.42. The van der Waals surface area contributed by atoms with Crippen molar-refractivity contribution in [3.63, 3.8) is 0 Å². The van der Waals surface area contributed by atoms with Gasteiger partial charge in [-0.1, -0.05) is 23.7 Å². The predicted molar refractivity (Wildman–Crippen MR) is 137 cm³/mol. The topological polar surface area (TPSA) is 105 Å². The summed E-state index contributed by atoms with van der Waals surface area (Å²) >= 11 is 6.41. The lowest BCUT2D eigenvalue weighted by atomic mass is 10.2. The van der Waals surface area contributed by atoms with Crippen LogP contribution in [-0.2, 0) is 16.2 Å². The molecule has 0 atom stereocenters. The van der Waals surface area contributed by atoms with Crippen molar-refractivity contribution in [3.8, 4) is 5.75 Å². The minimum Gasteiger partial charge on any atom is -0.487 e. The summed E-state index contributed by atoms with van der Waals surface area (Å²) in [7, 11) is 0. The Balaban J connectivity index is 1.46. The largest absolute Gasteiger partial charge is 0.487 e. The molecule has 2 amide bonds. The van der Waals surface area contributed by atoms with Gasteiger partial charge >= 0.3 is 0 Å². The Bertz CT molecular complexity index is 1420. The summed E-state index contributed by atoms with van der Waals surface area (Å²) < 4.78 is 19.1. The van der Waals surface area contributed by atoms with Crippen molar-refractivity contribution >= 4 is 51.5 Å². The molecule has 0 bridgehead atoms. The molecular formula is C26H23ClFN5O3. The van der Waals surface area contributed by atoms with Gasteiger partial charge in [0.05, 0.1) is 10.5 Å². The average Bonchev–Trinajstić information content (AvgIpc) is 2.84. The van der Waals surface area contributed by atoms with E-state index in [2.05, 4.69) is 25.9 Å². The number of ether oxygens (including phenoxy) is 1. The maximum Gasteiger partial charge on any atom is 0.226 e. The number of rotatable bonds is 9. The Hall–Kier alpha value is -4.24. The van der Waals surface area contributed by atoms with Gasteiger partial charge < -0.3 is 20.7 Å². The number of nitrogens with zero attached hydrogens (tertiary/aromatic N) is 2. The fraction of sp³-hybridized carbons (Fsp3) is 0.154. The first-order chi connectivity index (χ1) is 17.4. The van der Waals surface area contributed by atoms with Gasteiger partial charge in [-0.05, 0) is 54.1 Å². The Labute approximate surface area is 211 Å². The number of nitrogens with one attached hydrogen (secondary N) is 3. The second kappa shape index (κ2) is 11.5. The number of benzene rings is 3. The number of aromatic nitrogens is 2. The van der Waals surface area contributed by atoms with Gasteiger partial charge in [0.25, 0.3) is 0 Å². The van der Waals surface area contributed by atoms with Crippen molar-refractivity contribution in [1.82, 2.24) is 15.3 Å². The van der Waals surface area contributed by atoms with Gasteiger partial charge in [-0.3, -0.25) is 9.59 Å². The van der Waals surface area contributed by atoms with Crippen LogP contribution in [0.4, 0.5) is 21.6 Å². The van der Waals surface area contributed by atoms with Crippen molar-refractivity contribution in [2.45, 2.75) is 20.0 Å². The highest BCUT2D eigenvalue weighted by atomic mass is 35.5. The van der Waals surface area contributed by atoms with Crippen LogP contribution >= 0.6 is 11.6 Å². The molecule has 0 radical (unpaired) electrons. The third kappa shape index (κ3) is 6.67. The lowest BCUT2D eigenvalue weighted by molar-refractivity contribution is -0.119. The zero-order chi connectivity index (χ0) is 25.5. The van der Waals surface area contributed by atoms with Crippen LogP contribution in [0.25, 0.3) is 10.9 Å². The molecular weight excluding hydrogens is 485 g/mol. The molecule has 4 rings (SSSR count). The molecule has 1 aromatic heterocycles. The molecule has 1 heterocycles. The first-order valence-corrected chi connectivity index (χ1v) is 11.5. The van der Waals surface area contributed by atoms with Crippen molar-refractivity contribution in [3.05, 3.63) is 83.4 Å². The summed E-state index contributed by atoms with van der Waals surface area (Å²) in [5.74, 6) is 0.247. The number of amides is 2. The molecule has 3 aromatic carbocycles. The van der Waals surface area contributed by atoms with Crippen molar-refractivity contribution in [2.75, 3.05) is 17.2 Å². The van der Waals surface area contributed by atoms with E-state index in [1.807, 2.05) is 0 Å². The molecule has 8 nitrogen and oxygen atoms in total. The molecule has 0 aliphatic heterocycles. The minimum absolute atomic E-state index is 0.153. The van der Waals surface area contributed by atoms with Crippen LogP contribution in [0.2, 0.25) is 5.02 Å². The Morgan fingerprint density at radius 1 is 1.03 bits per heavy atom. The maximum atomic E-state index is 13.4. The lowest BCUT2D eigenvalue weighted by Gasteiger charge is -2.13. The zero-order valence-electron chi connectivity index (χ0n) is 19.3. The van der Waals surface area contributed by atoms with Crippen LogP contribution in [0.5, 0.6) is 5.75 Å². The maximum absolute atomic E-state index is 13.4. The number of halogens is 2. The summed E-state index contributed by atoms with van der Waals surface area (Å²) in [5.41, 5.74) is 2.62. The van der Waals surface area contributed by atoms with E-state index in [4.69, 9.17) is 16.3 Å². The van der Waals surface area contributed by atoms with Crippen LogP contribution in [0.1, 0.15) is 18.9 Å². The second-order valence-corrected chi connectivity index (χ2v) is 8.33. The molecule has 4 aromatic rings. The van der Waals surface area contributed by atoms with Gasteiger partial charge in [0.2, 0.25) is 11.8 Å². The normalized spacial score (nSPS) is 10.6. The van der Waals surface area contributed by atoms with Gasteiger partial charge in [0.15, 0.2) is 0 Å². The van der Waals surface area contributed by atoms with E-state index in [1.165, 1.54) is 25.4 Å². The first-order valence-electron chi connectivity index (χ1n) is 11.1. The van der Waals surface area contributed by atoms with Crippen LogP contribution in [0, 0.1) is 5.82 Å². The Morgan fingerprint density at radius 2 is 1.86 bits per heavy atom.